The van der Waals surface area contributed by atoms with Crippen LogP contribution in [0.5, 0.6) is 5.75 Å². The van der Waals surface area contributed by atoms with Gasteiger partial charge in [0.15, 0.2) is 5.75 Å². The van der Waals surface area contributed by atoms with Crippen molar-refractivity contribution >= 4 is 11.4 Å². The van der Waals surface area contributed by atoms with Gasteiger partial charge in [-0.1, -0.05) is 0 Å². The number of nitrogens with zero attached hydrogens (tertiary/aromatic N) is 1. The molecule has 0 atom stereocenters. The molecule has 0 saturated carbocycles. The van der Waals surface area contributed by atoms with Crippen molar-refractivity contribution in [3.05, 3.63) is 18.2 Å². The molecule has 0 amide bonds. The number of halogens is 2. The van der Waals surface area contributed by atoms with Crippen molar-refractivity contribution < 1.29 is 13.5 Å². The normalized spacial score (nSPS) is 10.6. The van der Waals surface area contributed by atoms with Gasteiger partial charge < -0.3 is 15.4 Å². The molecule has 90 valence electrons. The van der Waals surface area contributed by atoms with Gasteiger partial charge in [0.05, 0.1) is 5.69 Å². The second-order valence-corrected chi connectivity index (χ2v) is 3.27. The Morgan fingerprint density at radius 1 is 1.31 bits per heavy atom. The van der Waals surface area contributed by atoms with Crippen LogP contribution in [0.1, 0.15) is 13.8 Å². The summed E-state index contributed by atoms with van der Waals surface area (Å²) in [7, 11) is 0. The summed E-state index contributed by atoms with van der Waals surface area (Å²) in [6, 6.07) is 4.90. The molecule has 1 aromatic rings. The molecule has 3 nitrogen and oxygen atoms in total. The topological polar surface area (TPSA) is 38.5 Å². The van der Waals surface area contributed by atoms with Crippen molar-refractivity contribution in [2.75, 3.05) is 23.7 Å². The first-order valence-electron chi connectivity index (χ1n) is 5.17. The van der Waals surface area contributed by atoms with Crippen LogP contribution in [0, 0.1) is 0 Å². The number of anilines is 2. The number of hydrogen-bond acceptors (Lipinski definition) is 3. The number of alkyl halides is 2. The number of nitrogen functional groups attached to an aromatic ring is 1. The van der Waals surface area contributed by atoms with Crippen LogP contribution in [0.4, 0.5) is 20.2 Å². The highest BCUT2D eigenvalue weighted by Gasteiger charge is 2.10. The van der Waals surface area contributed by atoms with Gasteiger partial charge in [-0.2, -0.15) is 8.78 Å². The molecule has 0 radical (unpaired) electrons. The lowest BCUT2D eigenvalue weighted by atomic mass is 10.2. The van der Waals surface area contributed by atoms with E-state index in [1.807, 2.05) is 18.7 Å². The van der Waals surface area contributed by atoms with E-state index in [9.17, 15) is 8.78 Å². The van der Waals surface area contributed by atoms with Crippen LogP contribution in [0.3, 0.4) is 0 Å². The molecule has 0 spiro atoms. The summed E-state index contributed by atoms with van der Waals surface area (Å²) in [5.74, 6) is 0.0272. The third kappa shape index (κ3) is 2.98. The zero-order valence-corrected chi connectivity index (χ0v) is 9.41. The minimum Gasteiger partial charge on any atom is -0.433 e. The van der Waals surface area contributed by atoms with Gasteiger partial charge in [-0.15, -0.1) is 0 Å². The first-order valence-corrected chi connectivity index (χ1v) is 5.17. The van der Waals surface area contributed by atoms with E-state index in [0.717, 1.165) is 18.8 Å². The highest BCUT2D eigenvalue weighted by molar-refractivity contribution is 5.62. The third-order valence-corrected chi connectivity index (χ3v) is 2.34. The fraction of sp³-hybridized carbons (Fsp3) is 0.455. The number of hydrogen-bond donors (Lipinski definition) is 1. The van der Waals surface area contributed by atoms with Gasteiger partial charge >= 0.3 is 6.61 Å². The highest BCUT2D eigenvalue weighted by atomic mass is 19.3. The Hall–Kier alpha value is -1.52. The number of rotatable bonds is 5. The van der Waals surface area contributed by atoms with Crippen molar-refractivity contribution in [1.29, 1.82) is 0 Å². The first kappa shape index (κ1) is 12.5. The summed E-state index contributed by atoms with van der Waals surface area (Å²) in [6.07, 6.45) is 0. The number of benzene rings is 1. The quantitative estimate of drug-likeness (QED) is 0.790. The summed E-state index contributed by atoms with van der Waals surface area (Å²) >= 11 is 0. The van der Waals surface area contributed by atoms with Gasteiger partial charge in [0.25, 0.3) is 0 Å². The van der Waals surface area contributed by atoms with Gasteiger partial charge in [0.2, 0.25) is 0 Å². The predicted octanol–water partition coefficient (Wildman–Crippen LogP) is 2.72. The van der Waals surface area contributed by atoms with Gasteiger partial charge in [0, 0.05) is 24.8 Å². The van der Waals surface area contributed by atoms with Crippen LogP contribution >= 0.6 is 0 Å². The summed E-state index contributed by atoms with van der Waals surface area (Å²) in [6.45, 7) is 2.73. The molecular weight excluding hydrogens is 214 g/mol. The van der Waals surface area contributed by atoms with Crippen molar-refractivity contribution in [3.8, 4) is 5.75 Å². The zero-order chi connectivity index (χ0) is 12.1. The minimum absolute atomic E-state index is 0.0272. The van der Waals surface area contributed by atoms with E-state index in [2.05, 4.69) is 4.74 Å². The van der Waals surface area contributed by atoms with Gasteiger partial charge in [-0.3, -0.25) is 0 Å². The lowest BCUT2D eigenvalue weighted by Crippen LogP contribution is -2.21. The molecule has 16 heavy (non-hydrogen) atoms. The molecule has 0 aliphatic heterocycles. The Labute approximate surface area is 93.8 Å². The van der Waals surface area contributed by atoms with Gasteiger partial charge in [-0.05, 0) is 26.0 Å². The van der Waals surface area contributed by atoms with E-state index >= 15 is 0 Å². The molecule has 5 heteroatoms. The van der Waals surface area contributed by atoms with Crippen LogP contribution in [0.25, 0.3) is 0 Å². The average molecular weight is 230 g/mol. The zero-order valence-electron chi connectivity index (χ0n) is 9.41. The fourth-order valence-electron chi connectivity index (χ4n) is 1.51. The first-order chi connectivity index (χ1) is 7.58. The van der Waals surface area contributed by atoms with Crippen LogP contribution < -0.4 is 15.4 Å². The largest absolute Gasteiger partial charge is 0.433 e. The Morgan fingerprint density at radius 3 is 2.44 bits per heavy atom. The Bertz CT molecular complexity index is 341. The Balaban J connectivity index is 2.96. The second-order valence-electron chi connectivity index (χ2n) is 3.27. The van der Waals surface area contributed by atoms with Crippen molar-refractivity contribution in [2.24, 2.45) is 0 Å². The number of ether oxygens (including phenoxy) is 1. The third-order valence-electron chi connectivity index (χ3n) is 2.34. The Kier molecular flexibility index (Phi) is 4.34. The van der Waals surface area contributed by atoms with E-state index in [-0.39, 0.29) is 11.4 Å². The molecule has 0 unspecified atom stereocenters. The molecule has 0 aromatic heterocycles. The molecule has 0 fully saturated rings. The summed E-state index contributed by atoms with van der Waals surface area (Å²) in [5, 5.41) is 0. The van der Waals surface area contributed by atoms with E-state index < -0.39 is 6.61 Å². The summed E-state index contributed by atoms with van der Waals surface area (Å²) in [5.41, 5.74) is 6.59. The highest BCUT2D eigenvalue weighted by Crippen LogP contribution is 2.28. The van der Waals surface area contributed by atoms with E-state index in [4.69, 9.17) is 5.73 Å². The summed E-state index contributed by atoms with van der Waals surface area (Å²) < 4.78 is 28.6. The maximum atomic E-state index is 12.1. The molecular formula is C11H16F2N2O. The van der Waals surface area contributed by atoms with Crippen LogP contribution in [0.15, 0.2) is 18.2 Å². The lowest BCUT2D eigenvalue weighted by molar-refractivity contribution is -0.0493. The SMILES string of the molecule is CCN(CC)c1ccc(N)c(OC(F)F)c1. The van der Waals surface area contributed by atoms with Crippen LogP contribution in [-0.2, 0) is 0 Å². The van der Waals surface area contributed by atoms with Crippen molar-refractivity contribution in [2.45, 2.75) is 20.5 Å². The van der Waals surface area contributed by atoms with Crippen molar-refractivity contribution in [1.82, 2.24) is 0 Å². The van der Waals surface area contributed by atoms with E-state index in [1.165, 1.54) is 6.07 Å². The molecule has 0 heterocycles. The predicted molar refractivity (Wildman–Crippen MR) is 61.0 cm³/mol. The second kappa shape index (κ2) is 5.53. The van der Waals surface area contributed by atoms with Gasteiger partial charge in [0.1, 0.15) is 0 Å². The summed E-state index contributed by atoms with van der Waals surface area (Å²) in [4.78, 5) is 2.03. The molecule has 0 saturated heterocycles. The lowest BCUT2D eigenvalue weighted by Gasteiger charge is -2.22. The molecule has 0 bridgehead atoms. The van der Waals surface area contributed by atoms with Crippen LogP contribution in [-0.4, -0.2) is 19.7 Å². The van der Waals surface area contributed by atoms with Crippen LogP contribution in [0.2, 0.25) is 0 Å². The number of nitrogens with two attached hydrogens (primary N) is 1. The minimum atomic E-state index is -2.85. The maximum Gasteiger partial charge on any atom is 0.387 e. The molecule has 2 N–H and O–H groups in total. The maximum absolute atomic E-state index is 12.1. The fourth-order valence-corrected chi connectivity index (χ4v) is 1.51. The smallest absolute Gasteiger partial charge is 0.387 e. The standard InChI is InChI=1S/C11H16F2N2O/c1-3-15(4-2)8-5-6-9(14)10(7-8)16-11(12)13/h5-7,11H,3-4,14H2,1-2H3. The average Bonchev–Trinajstić information content (AvgIpc) is 2.23. The monoisotopic (exact) mass is 230 g/mol. The molecule has 0 aliphatic rings. The molecule has 1 aromatic carbocycles. The molecule has 0 aliphatic carbocycles. The van der Waals surface area contributed by atoms with Gasteiger partial charge in [-0.25, -0.2) is 0 Å². The van der Waals surface area contributed by atoms with E-state index in [0.29, 0.717) is 0 Å². The molecule has 1 rings (SSSR count). The van der Waals surface area contributed by atoms with Crippen molar-refractivity contribution in [3.63, 3.8) is 0 Å². The Morgan fingerprint density at radius 2 is 1.94 bits per heavy atom. The van der Waals surface area contributed by atoms with E-state index in [1.54, 1.807) is 12.1 Å².